The van der Waals surface area contributed by atoms with Crippen LogP contribution in [0.1, 0.15) is 31.1 Å². The molecule has 2 aromatic rings. The van der Waals surface area contributed by atoms with Crippen LogP contribution in [0.5, 0.6) is 0 Å². The summed E-state index contributed by atoms with van der Waals surface area (Å²) in [4.78, 5) is 15.3. The number of ketones is 1. The number of carbonyl (C=O) groups is 1. The van der Waals surface area contributed by atoms with E-state index in [1.807, 2.05) is 20.8 Å². The summed E-state index contributed by atoms with van der Waals surface area (Å²) in [5, 5.41) is 1.80. The molecule has 0 atom stereocenters. The zero-order valence-corrected chi connectivity index (χ0v) is 11.4. The summed E-state index contributed by atoms with van der Waals surface area (Å²) in [6.07, 6.45) is 1.69. The summed E-state index contributed by atoms with van der Waals surface area (Å²) < 4.78 is 0. The highest BCUT2D eigenvalue weighted by Gasteiger charge is 2.26. The molecule has 2 rings (SSSR count). The maximum Gasteiger partial charge on any atom is 0.170 e. The van der Waals surface area contributed by atoms with Crippen molar-refractivity contribution in [2.24, 2.45) is 5.41 Å². The summed E-state index contributed by atoms with van der Waals surface area (Å²) in [5.74, 6) is 0.0629. The lowest BCUT2D eigenvalue weighted by atomic mass is 9.86. The Hall–Kier alpha value is -0.990. The van der Waals surface area contributed by atoms with Gasteiger partial charge in [0, 0.05) is 33.1 Å². The van der Waals surface area contributed by atoms with Crippen LogP contribution in [0.15, 0.2) is 18.3 Å². The Kier molecular flexibility index (Phi) is 2.96. The van der Waals surface area contributed by atoms with Gasteiger partial charge < -0.3 is 4.98 Å². The second kappa shape index (κ2) is 4.04. The number of halogens is 2. The van der Waals surface area contributed by atoms with Crippen LogP contribution >= 0.6 is 23.2 Å². The molecule has 0 bridgehead atoms. The number of hydrogen-bond acceptors (Lipinski definition) is 1. The normalized spacial score (nSPS) is 12.1. The first-order valence-corrected chi connectivity index (χ1v) is 6.07. The van der Waals surface area contributed by atoms with Crippen molar-refractivity contribution in [2.45, 2.75) is 20.8 Å². The number of aromatic amines is 1. The summed E-state index contributed by atoms with van der Waals surface area (Å²) in [6, 6.07) is 3.42. The molecule has 0 unspecified atom stereocenters. The predicted octanol–water partition coefficient (Wildman–Crippen LogP) is 4.70. The molecule has 90 valence electrons. The van der Waals surface area contributed by atoms with E-state index < -0.39 is 5.41 Å². The van der Waals surface area contributed by atoms with Gasteiger partial charge in [-0.2, -0.15) is 0 Å². The number of carbonyl (C=O) groups excluding carboxylic acids is 1. The summed E-state index contributed by atoms with van der Waals surface area (Å²) in [7, 11) is 0. The Balaban J connectivity index is 2.69. The van der Waals surface area contributed by atoms with E-state index in [9.17, 15) is 4.79 Å². The number of hydrogen-bond donors (Lipinski definition) is 1. The molecular weight excluding hydrogens is 257 g/mol. The van der Waals surface area contributed by atoms with Crippen molar-refractivity contribution in [3.05, 3.63) is 33.9 Å². The Morgan fingerprint density at radius 1 is 1.24 bits per heavy atom. The van der Waals surface area contributed by atoms with Crippen molar-refractivity contribution < 1.29 is 4.79 Å². The third-order valence-electron chi connectivity index (χ3n) is 2.62. The fourth-order valence-electron chi connectivity index (χ4n) is 1.77. The highest BCUT2D eigenvalue weighted by Crippen LogP contribution is 2.33. The van der Waals surface area contributed by atoms with Crippen LogP contribution in [-0.2, 0) is 0 Å². The SMILES string of the molecule is CC(C)(C)C(=O)c1c[nH]c2cc(Cl)cc(Cl)c12. The van der Waals surface area contributed by atoms with Gasteiger partial charge in [0.05, 0.1) is 5.02 Å². The number of H-pyrrole nitrogens is 1. The zero-order chi connectivity index (χ0) is 12.8. The van der Waals surface area contributed by atoms with Gasteiger partial charge in [0.15, 0.2) is 5.78 Å². The Morgan fingerprint density at radius 3 is 2.47 bits per heavy atom. The minimum atomic E-state index is -0.432. The van der Waals surface area contributed by atoms with E-state index in [-0.39, 0.29) is 5.78 Å². The zero-order valence-electron chi connectivity index (χ0n) is 9.90. The molecule has 1 aromatic carbocycles. The molecule has 0 saturated carbocycles. The molecule has 0 saturated heterocycles. The van der Waals surface area contributed by atoms with E-state index >= 15 is 0 Å². The first kappa shape index (κ1) is 12.5. The highest BCUT2D eigenvalue weighted by molar-refractivity contribution is 6.39. The van der Waals surface area contributed by atoms with Gasteiger partial charge in [0.2, 0.25) is 0 Å². The summed E-state index contributed by atoms with van der Waals surface area (Å²) in [6.45, 7) is 5.66. The van der Waals surface area contributed by atoms with E-state index in [2.05, 4.69) is 4.98 Å². The maximum absolute atomic E-state index is 12.3. The lowest BCUT2D eigenvalue weighted by molar-refractivity contribution is 0.0860. The molecule has 0 spiro atoms. The van der Waals surface area contributed by atoms with Gasteiger partial charge >= 0.3 is 0 Å². The molecule has 2 nitrogen and oxygen atoms in total. The van der Waals surface area contributed by atoms with Crippen molar-refractivity contribution in [3.63, 3.8) is 0 Å². The van der Waals surface area contributed by atoms with E-state index in [0.29, 0.717) is 15.6 Å². The van der Waals surface area contributed by atoms with Crippen LogP contribution in [0.3, 0.4) is 0 Å². The second-order valence-corrected chi connectivity index (χ2v) is 5.94. The smallest absolute Gasteiger partial charge is 0.170 e. The van der Waals surface area contributed by atoms with Gasteiger partial charge in [0.25, 0.3) is 0 Å². The lowest BCUT2D eigenvalue weighted by Crippen LogP contribution is -2.19. The molecule has 0 aliphatic carbocycles. The van der Waals surface area contributed by atoms with Gasteiger partial charge in [-0.15, -0.1) is 0 Å². The highest BCUT2D eigenvalue weighted by atomic mass is 35.5. The Morgan fingerprint density at radius 2 is 1.88 bits per heavy atom. The van der Waals surface area contributed by atoms with Crippen LogP contribution in [0, 0.1) is 5.41 Å². The van der Waals surface area contributed by atoms with Crippen molar-refractivity contribution in [3.8, 4) is 0 Å². The molecule has 1 heterocycles. The third-order valence-corrected chi connectivity index (χ3v) is 3.14. The van der Waals surface area contributed by atoms with Crippen LogP contribution in [0.4, 0.5) is 0 Å². The van der Waals surface area contributed by atoms with Gasteiger partial charge in [0.1, 0.15) is 0 Å². The van der Waals surface area contributed by atoms with Crippen molar-refractivity contribution in [1.29, 1.82) is 0 Å². The Bertz CT molecular complexity index is 593. The number of Topliss-reactive ketones (excluding diaryl/α,β-unsaturated/α-hetero) is 1. The van der Waals surface area contributed by atoms with E-state index in [1.165, 1.54) is 0 Å². The fourth-order valence-corrected chi connectivity index (χ4v) is 2.36. The number of aromatic nitrogens is 1. The van der Waals surface area contributed by atoms with Crippen LogP contribution in [0.25, 0.3) is 10.9 Å². The number of rotatable bonds is 1. The molecule has 0 amide bonds. The molecule has 1 N–H and O–H groups in total. The van der Waals surface area contributed by atoms with Gasteiger partial charge in [-0.05, 0) is 12.1 Å². The van der Waals surface area contributed by atoms with Crippen molar-refractivity contribution >= 4 is 39.9 Å². The van der Waals surface area contributed by atoms with Crippen molar-refractivity contribution in [2.75, 3.05) is 0 Å². The molecular formula is C13H13Cl2NO. The third kappa shape index (κ3) is 2.20. The molecule has 17 heavy (non-hydrogen) atoms. The minimum Gasteiger partial charge on any atom is -0.360 e. The first-order valence-electron chi connectivity index (χ1n) is 5.31. The molecule has 4 heteroatoms. The number of fused-ring (bicyclic) bond motifs is 1. The lowest BCUT2D eigenvalue weighted by Gasteiger charge is -2.15. The molecule has 0 radical (unpaired) electrons. The number of benzene rings is 1. The van der Waals surface area contributed by atoms with Crippen LogP contribution < -0.4 is 0 Å². The molecule has 0 fully saturated rings. The van der Waals surface area contributed by atoms with Crippen molar-refractivity contribution in [1.82, 2.24) is 4.98 Å². The van der Waals surface area contributed by atoms with E-state index in [1.54, 1.807) is 18.3 Å². The van der Waals surface area contributed by atoms with Crippen LogP contribution in [-0.4, -0.2) is 10.8 Å². The average molecular weight is 270 g/mol. The topological polar surface area (TPSA) is 32.9 Å². The molecule has 1 aromatic heterocycles. The average Bonchev–Trinajstić information content (AvgIpc) is 2.58. The maximum atomic E-state index is 12.3. The van der Waals surface area contributed by atoms with Crippen LogP contribution in [0.2, 0.25) is 10.0 Å². The quantitative estimate of drug-likeness (QED) is 0.748. The monoisotopic (exact) mass is 269 g/mol. The largest absolute Gasteiger partial charge is 0.360 e. The standard InChI is InChI=1S/C13H13Cl2NO/c1-13(2,3)12(17)8-6-16-10-5-7(14)4-9(15)11(8)10/h4-6,16H,1-3H3. The second-order valence-electron chi connectivity index (χ2n) is 5.09. The van der Waals surface area contributed by atoms with E-state index in [0.717, 1.165) is 10.9 Å². The van der Waals surface area contributed by atoms with Gasteiger partial charge in [-0.25, -0.2) is 0 Å². The van der Waals surface area contributed by atoms with Gasteiger partial charge in [-0.1, -0.05) is 44.0 Å². The predicted molar refractivity (Wildman–Crippen MR) is 72.1 cm³/mol. The molecule has 0 aliphatic heterocycles. The summed E-state index contributed by atoms with van der Waals surface area (Å²) in [5.41, 5.74) is 0.974. The first-order chi connectivity index (χ1) is 7.80. The fraction of sp³-hybridized carbons (Fsp3) is 0.308. The molecule has 0 aliphatic rings. The Labute approximate surface area is 110 Å². The number of nitrogens with one attached hydrogen (secondary N) is 1. The summed E-state index contributed by atoms with van der Waals surface area (Å²) >= 11 is 12.1. The minimum absolute atomic E-state index is 0.0629. The van der Waals surface area contributed by atoms with E-state index in [4.69, 9.17) is 23.2 Å². The van der Waals surface area contributed by atoms with Gasteiger partial charge in [-0.3, -0.25) is 4.79 Å².